The maximum absolute atomic E-state index is 13.5. The summed E-state index contributed by atoms with van der Waals surface area (Å²) in [6.45, 7) is 2.95. The number of hydrogen-bond acceptors (Lipinski definition) is 1. The Morgan fingerprint density at radius 1 is 1.44 bits per heavy atom. The summed E-state index contributed by atoms with van der Waals surface area (Å²) in [5, 5.41) is 12.2. The summed E-state index contributed by atoms with van der Waals surface area (Å²) in [6, 6.07) is 2.93. The van der Waals surface area contributed by atoms with E-state index in [1.165, 1.54) is 6.92 Å². The molecule has 1 N–H and O–H groups in total. The third-order valence-corrected chi connectivity index (χ3v) is 2.70. The fourth-order valence-corrected chi connectivity index (χ4v) is 1.50. The molecule has 0 spiro atoms. The highest BCUT2D eigenvalue weighted by atomic mass is 35.5. The fourth-order valence-electron chi connectivity index (χ4n) is 1.34. The van der Waals surface area contributed by atoms with Crippen molar-refractivity contribution in [2.45, 2.75) is 19.4 Å². The van der Waals surface area contributed by atoms with Gasteiger partial charge in [-0.05, 0) is 43.6 Å². The van der Waals surface area contributed by atoms with E-state index in [9.17, 15) is 13.9 Å². The zero-order valence-corrected chi connectivity index (χ0v) is 9.65. The minimum Gasteiger partial charge on any atom is -0.384 e. The maximum atomic E-state index is 13.5. The predicted octanol–water partition coefficient (Wildman–Crippen LogP) is 3.01. The van der Waals surface area contributed by atoms with Crippen LogP contribution in [0.15, 0.2) is 18.2 Å². The van der Waals surface area contributed by atoms with Crippen molar-refractivity contribution in [3.63, 3.8) is 0 Å². The molecule has 1 aromatic carbocycles. The maximum Gasteiger partial charge on any atom is 0.129 e. The van der Waals surface area contributed by atoms with Gasteiger partial charge in [-0.2, -0.15) is 0 Å². The van der Waals surface area contributed by atoms with Crippen molar-refractivity contribution >= 4 is 11.6 Å². The van der Waals surface area contributed by atoms with Crippen molar-refractivity contribution in [2.75, 3.05) is 0 Å². The monoisotopic (exact) mass is 244 g/mol. The highest BCUT2D eigenvalue weighted by molar-refractivity contribution is 6.30. The van der Waals surface area contributed by atoms with E-state index < -0.39 is 23.2 Å². The van der Waals surface area contributed by atoms with Crippen LogP contribution in [0.3, 0.4) is 0 Å². The lowest BCUT2D eigenvalue weighted by Gasteiger charge is -2.27. The Kier molecular flexibility index (Phi) is 3.90. The van der Waals surface area contributed by atoms with Gasteiger partial charge in [-0.25, -0.2) is 8.78 Å². The van der Waals surface area contributed by atoms with Crippen LogP contribution in [0, 0.1) is 28.9 Å². The molecule has 16 heavy (non-hydrogen) atoms. The summed E-state index contributed by atoms with van der Waals surface area (Å²) in [7, 11) is 0. The van der Waals surface area contributed by atoms with Crippen LogP contribution in [0.1, 0.15) is 19.4 Å². The number of rotatable bonds is 2. The molecule has 2 atom stereocenters. The molecule has 0 aliphatic rings. The molecule has 0 heterocycles. The Hall–Kier alpha value is -1.11. The molecule has 0 aromatic heterocycles. The Labute approximate surface area is 98.0 Å². The van der Waals surface area contributed by atoms with Crippen molar-refractivity contribution < 1.29 is 13.9 Å². The molecular formula is C12H11ClF2O. The van der Waals surface area contributed by atoms with E-state index in [1.807, 2.05) is 0 Å². The largest absolute Gasteiger partial charge is 0.384 e. The second-order valence-corrected chi connectivity index (χ2v) is 3.92. The van der Waals surface area contributed by atoms with Crippen LogP contribution < -0.4 is 0 Å². The second kappa shape index (κ2) is 4.82. The van der Waals surface area contributed by atoms with Gasteiger partial charge in [-0.15, -0.1) is 0 Å². The van der Waals surface area contributed by atoms with Crippen LogP contribution in [-0.2, 0) is 5.60 Å². The van der Waals surface area contributed by atoms with E-state index in [2.05, 4.69) is 11.3 Å². The van der Waals surface area contributed by atoms with Gasteiger partial charge >= 0.3 is 0 Å². The summed E-state index contributed by atoms with van der Waals surface area (Å²) < 4.78 is 26.4. The first-order chi connectivity index (χ1) is 7.39. The average molecular weight is 245 g/mol. The molecule has 0 fully saturated rings. The number of hydrogen-bond donors (Lipinski definition) is 1. The molecule has 0 bridgehead atoms. The van der Waals surface area contributed by atoms with Gasteiger partial charge < -0.3 is 5.11 Å². The molecule has 86 valence electrons. The minimum atomic E-state index is -1.59. The van der Waals surface area contributed by atoms with Crippen LogP contribution in [0.25, 0.3) is 0 Å². The normalized spacial score (nSPS) is 15.9. The molecular weight excluding hydrogens is 234 g/mol. The number of benzene rings is 1. The fraction of sp³-hybridized carbons (Fsp3) is 0.333. The van der Waals surface area contributed by atoms with E-state index in [-0.39, 0.29) is 5.56 Å². The van der Waals surface area contributed by atoms with Gasteiger partial charge in [0.2, 0.25) is 0 Å². The average Bonchev–Trinajstić information content (AvgIpc) is 2.22. The molecule has 0 saturated heterocycles. The first-order valence-electron chi connectivity index (χ1n) is 4.68. The van der Waals surface area contributed by atoms with Crippen LogP contribution in [0.2, 0.25) is 0 Å². The third kappa shape index (κ3) is 2.52. The van der Waals surface area contributed by atoms with Crippen molar-refractivity contribution in [3.05, 3.63) is 35.4 Å². The van der Waals surface area contributed by atoms with Gasteiger partial charge in [0.25, 0.3) is 0 Å². The molecule has 0 unspecified atom stereocenters. The quantitative estimate of drug-likeness (QED) is 0.793. The SMILES string of the molecule is C[C@@H](C#CCl)[C@@](C)(O)c1cc(F)ccc1F. The van der Waals surface area contributed by atoms with E-state index in [0.29, 0.717) is 0 Å². The third-order valence-electron chi connectivity index (χ3n) is 2.59. The smallest absolute Gasteiger partial charge is 0.129 e. The molecule has 0 amide bonds. The highest BCUT2D eigenvalue weighted by Crippen LogP contribution is 2.31. The molecule has 1 nitrogen and oxygen atoms in total. The summed E-state index contributed by atoms with van der Waals surface area (Å²) in [4.78, 5) is 0. The zero-order chi connectivity index (χ0) is 12.3. The van der Waals surface area contributed by atoms with Gasteiger partial charge in [-0.1, -0.05) is 5.92 Å². The Balaban J connectivity index is 3.23. The Morgan fingerprint density at radius 2 is 2.06 bits per heavy atom. The molecule has 0 saturated carbocycles. The summed E-state index contributed by atoms with van der Waals surface area (Å²) in [5.74, 6) is 0.617. The van der Waals surface area contributed by atoms with Crippen LogP contribution in [-0.4, -0.2) is 5.11 Å². The lowest BCUT2D eigenvalue weighted by molar-refractivity contribution is 0.0202. The van der Waals surface area contributed by atoms with Crippen molar-refractivity contribution in [2.24, 2.45) is 5.92 Å². The van der Waals surface area contributed by atoms with Gasteiger partial charge in [0, 0.05) is 10.9 Å². The molecule has 4 heteroatoms. The Morgan fingerprint density at radius 3 is 2.62 bits per heavy atom. The molecule has 0 aliphatic heterocycles. The predicted molar refractivity (Wildman–Crippen MR) is 58.7 cm³/mol. The highest BCUT2D eigenvalue weighted by Gasteiger charge is 2.32. The van der Waals surface area contributed by atoms with E-state index in [4.69, 9.17) is 11.6 Å². The minimum absolute atomic E-state index is 0.126. The molecule has 1 aromatic rings. The zero-order valence-electron chi connectivity index (χ0n) is 8.89. The number of halogens is 3. The molecule has 0 radical (unpaired) electrons. The van der Waals surface area contributed by atoms with Gasteiger partial charge in [0.05, 0.1) is 5.92 Å². The van der Waals surface area contributed by atoms with Crippen LogP contribution in [0.5, 0.6) is 0 Å². The summed E-state index contributed by atoms with van der Waals surface area (Å²) in [5.41, 5.74) is -1.71. The summed E-state index contributed by atoms with van der Waals surface area (Å²) >= 11 is 5.22. The summed E-state index contributed by atoms with van der Waals surface area (Å²) in [6.07, 6.45) is 0. The lowest BCUT2D eigenvalue weighted by atomic mass is 9.84. The standard InChI is InChI=1S/C12H11ClF2O/c1-8(5-6-13)12(2,16)10-7-9(14)3-4-11(10)15/h3-4,7-8,16H,1-2H3/t8-,12+/m0/s1. The second-order valence-electron chi connectivity index (χ2n) is 3.73. The molecule has 0 aliphatic carbocycles. The first-order valence-corrected chi connectivity index (χ1v) is 5.06. The van der Waals surface area contributed by atoms with Crippen molar-refractivity contribution in [3.8, 4) is 11.3 Å². The van der Waals surface area contributed by atoms with Crippen molar-refractivity contribution in [1.82, 2.24) is 0 Å². The van der Waals surface area contributed by atoms with E-state index >= 15 is 0 Å². The van der Waals surface area contributed by atoms with Gasteiger partial charge in [0.1, 0.15) is 17.2 Å². The number of aliphatic hydroxyl groups is 1. The Bertz CT molecular complexity index is 446. The first kappa shape index (κ1) is 13.0. The van der Waals surface area contributed by atoms with Crippen molar-refractivity contribution in [1.29, 1.82) is 0 Å². The van der Waals surface area contributed by atoms with E-state index in [1.54, 1.807) is 6.92 Å². The van der Waals surface area contributed by atoms with Crippen LogP contribution >= 0.6 is 11.6 Å². The lowest BCUT2D eigenvalue weighted by Crippen LogP contribution is -2.30. The van der Waals surface area contributed by atoms with Crippen LogP contribution in [0.4, 0.5) is 8.78 Å². The topological polar surface area (TPSA) is 20.2 Å². The van der Waals surface area contributed by atoms with Gasteiger partial charge in [-0.3, -0.25) is 0 Å². The molecule has 1 rings (SSSR count). The van der Waals surface area contributed by atoms with Gasteiger partial charge in [0.15, 0.2) is 0 Å². The van der Waals surface area contributed by atoms with E-state index in [0.717, 1.165) is 18.2 Å².